The number of amides is 2. The van der Waals surface area contributed by atoms with Gasteiger partial charge >= 0.3 is 12.2 Å². The molecule has 0 saturated carbocycles. The maximum atomic E-state index is 11.4. The number of imide groups is 1. The average molecular weight is 245 g/mol. The normalized spacial score (nSPS) is 11.8. The molecule has 0 heterocycles. The van der Waals surface area contributed by atoms with Crippen LogP contribution in [-0.2, 0) is 9.47 Å². The first-order valence-corrected chi connectivity index (χ1v) is 6.03. The predicted molar refractivity (Wildman–Crippen MR) is 64.9 cm³/mol. The molecule has 0 saturated heterocycles. The minimum Gasteiger partial charge on any atom is -0.452 e. The Labute approximate surface area is 103 Å². The molecule has 100 valence electrons. The lowest BCUT2D eigenvalue weighted by Crippen LogP contribution is -2.43. The van der Waals surface area contributed by atoms with Gasteiger partial charge in [-0.05, 0) is 13.3 Å². The fourth-order valence-corrected chi connectivity index (χ4v) is 1.63. The van der Waals surface area contributed by atoms with Gasteiger partial charge in [-0.2, -0.15) is 0 Å². The smallest absolute Gasteiger partial charge is 0.419 e. The van der Waals surface area contributed by atoms with Crippen molar-refractivity contribution in [2.45, 2.75) is 52.0 Å². The van der Waals surface area contributed by atoms with Gasteiger partial charge in [0.05, 0.1) is 14.2 Å². The van der Waals surface area contributed by atoms with Crippen molar-refractivity contribution >= 4 is 12.2 Å². The summed E-state index contributed by atoms with van der Waals surface area (Å²) in [6.07, 6.45) is 3.86. The van der Waals surface area contributed by atoms with Gasteiger partial charge in [0.2, 0.25) is 0 Å². The van der Waals surface area contributed by atoms with Crippen molar-refractivity contribution in [1.82, 2.24) is 4.90 Å². The number of carbonyl (C=O) groups is 2. The topological polar surface area (TPSA) is 55.8 Å². The van der Waals surface area contributed by atoms with Crippen molar-refractivity contribution in [1.29, 1.82) is 0 Å². The van der Waals surface area contributed by atoms with Crippen LogP contribution >= 0.6 is 0 Å². The highest BCUT2D eigenvalue weighted by Gasteiger charge is 2.28. The zero-order chi connectivity index (χ0) is 13.3. The van der Waals surface area contributed by atoms with E-state index in [1.54, 1.807) is 0 Å². The van der Waals surface area contributed by atoms with Crippen LogP contribution in [0.25, 0.3) is 0 Å². The third-order valence-corrected chi connectivity index (χ3v) is 2.66. The summed E-state index contributed by atoms with van der Waals surface area (Å²) < 4.78 is 9.14. The zero-order valence-electron chi connectivity index (χ0n) is 11.2. The zero-order valence-corrected chi connectivity index (χ0v) is 11.2. The highest BCUT2D eigenvalue weighted by Crippen LogP contribution is 2.13. The largest absolute Gasteiger partial charge is 0.452 e. The molecule has 1 unspecified atom stereocenters. The van der Waals surface area contributed by atoms with Gasteiger partial charge in [0, 0.05) is 6.04 Å². The van der Waals surface area contributed by atoms with Gasteiger partial charge in [-0.3, -0.25) is 0 Å². The van der Waals surface area contributed by atoms with Crippen LogP contribution in [0.5, 0.6) is 0 Å². The van der Waals surface area contributed by atoms with Gasteiger partial charge in [-0.1, -0.05) is 32.6 Å². The molecule has 0 bridgehead atoms. The molecule has 0 fully saturated rings. The molecule has 5 nitrogen and oxygen atoms in total. The first-order chi connectivity index (χ1) is 8.08. The van der Waals surface area contributed by atoms with Gasteiger partial charge in [0.15, 0.2) is 0 Å². The van der Waals surface area contributed by atoms with Gasteiger partial charge in [0.25, 0.3) is 0 Å². The molecule has 0 aliphatic carbocycles. The van der Waals surface area contributed by atoms with E-state index in [9.17, 15) is 9.59 Å². The SMILES string of the molecule is CCCCCCC(C)N(C(=O)OC)C(=O)OC. The molecule has 0 spiro atoms. The number of hydrogen-bond acceptors (Lipinski definition) is 4. The lowest BCUT2D eigenvalue weighted by Gasteiger charge is -2.24. The summed E-state index contributed by atoms with van der Waals surface area (Å²) in [6, 6.07) is -0.202. The van der Waals surface area contributed by atoms with E-state index in [-0.39, 0.29) is 6.04 Å². The highest BCUT2D eigenvalue weighted by molar-refractivity contribution is 5.88. The summed E-state index contributed by atoms with van der Waals surface area (Å²) in [6.45, 7) is 3.96. The van der Waals surface area contributed by atoms with Crippen LogP contribution in [0, 0.1) is 0 Å². The maximum absolute atomic E-state index is 11.4. The average Bonchev–Trinajstić information content (AvgIpc) is 2.34. The lowest BCUT2D eigenvalue weighted by molar-refractivity contribution is 0.0838. The van der Waals surface area contributed by atoms with Crippen LogP contribution < -0.4 is 0 Å². The van der Waals surface area contributed by atoms with E-state index in [0.29, 0.717) is 0 Å². The van der Waals surface area contributed by atoms with Crippen LogP contribution in [0.1, 0.15) is 46.0 Å². The number of nitrogens with zero attached hydrogens (tertiary/aromatic N) is 1. The quantitative estimate of drug-likeness (QED) is 0.674. The Morgan fingerprint density at radius 2 is 1.59 bits per heavy atom. The summed E-state index contributed by atoms with van der Waals surface area (Å²) >= 11 is 0. The Morgan fingerprint density at radius 3 is 2.00 bits per heavy atom. The number of hydrogen-bond donors (Lipinski definition) is 0. The molecule has 17 heavy (non-hydrogen) atoms. The molecule has 1 atom stereocenters. The van der Waals surface area contributed by atoms with E-state index in [4.69, 9.17) is 0 Å². The number of unbranched alkanes of at least 4 members (excludes halogenated alkanes) is 3. The van der Waals surface area contributed by atoms with Crippen LogP contribution in [0.2, 0.25) is 0 Å². The second-order valence-corrected chi connectivity index (χ2v) is 4.01. The first-order valence-electron chi connectivity index (χ1n) is 6.03. The third-order valence-electron chi connectivity index (χ3n) is 2.66. The van der Waals surface area contributed by atoms with E-state index in [1.165, 1.54) is 20.6 Å². The Bertz CT molecular complexity index is 227. The molecule has 0 N–H and O–H groups in total. The Kier molecular flexibility index (Phi) is 8.19. The van der Waals surface area contributed by atoms with Crippen molar-refractivity contribution < 1.29 is 19.1 Å². The van der Waals surface area contributed by atoms with E-state index >= 15 is 0 Å². The Hall–Kier alpha value is -1.26. The summed E-state index contributed by atoms with van der Waals surface area (Å²) in [5.74, 6) is 0. The molecule has 0 aromatic carbocycles. The first kappa shape index (κ1) is 15.7. The summed E-state index contributed by atoms with van der Waals surface area (Å²) in [5, 5.41) is 0. The molecule has 0 aromatic heterocycles. The van der Waals surface area contributed by atoms with Gasteiger partial charge in [0.1, 0.15) is 0 Å². The van der Waals surface area contributed by atoms with Crippen LogP contribution in [0.3, 0.4) is 0 Å². The fraction of sp³-hybridized carbons (Fsp3) is 0.833. The third kappa shape index (κ3) is 5.56. The molecule has 5 heteroatoms. The van der Waals surface area contributed by atoms with Crippen molar-refractivity contribution in [3.05, 3.63) is 0 Å². The van der Waals surface area contributed by atoms with Crippen molar-refractivity contribution in [2.24, 2.45) is 0 Å². The van der Waals surface area contributed by atoms with Gasteiger partial charge in [-0.15, -0.1) is 0 Å². The fourth-order valence-electron chi connectivity index (χ4n) is 1.63. The monoisotopic (exact) mass is 245 g/mol. The molecular weight excluding hydrogens is 222 g/mol. The summed E-state index contributed by atoms with van der Waals surface area (Å²) in [7, 11) is 2.50. The molecule has 0 aliphatic heterocycles. The second-order valence-electron chi connectivity index (χ2n) is 4.01. The molecular formula is C12H23NO4. The standard InChI is InChI=1S/C12H23NO4/c1-5-6-7-8-9-10(2)13(11(14)16-3)12(15)17-4/h10H,5-9H2,1-4H3. The summed E-state index contributed by atoms with van der Waals surface area (Å²) in [5.41, 5.74) is 0. The number of rotatable bonds is 6. The van der Waals surface area contributed by atoms with Crippen molar-refractivity contribution in [3.8, 4) is 0 Å². The second kappa shape index (κ2) is 8.84. The lowest BCUT2D eigenvalue weighted by atomic mass is 10.1. The van der Waals surface area contributed by atoms with Crippen LogP contribution in [0.15, 0.2) is 0 Å². The van der Waals surface area contributed by atoms with E-state index < -0.39 is 12.2 Å². The van der Waals surface area contributed by atoms with Gasteiger partial charge in [-0.25, -0.2) is 14.5 Å². The van der Waals surface area contributed by atoms with Crippen molar-refractivity contribution in [3.63, 3.8) is 0 Å². The Balaban J connectivity index is 4.28. The maximum Gasteiger partial charge on any atom is 0.419 e. The van der Waals surface area contributed by atoms with Crippen LogP contribution in [-0.4, -0.2) is 37.3 Å². The number of ether oxygens (including phenoxy) is 2. The van der Waals surface area contributed by atoms with E-state index in [1.807, 2.05) is 6.92 Å². The highest BCUT2D eigenvalue weighted by atomic mass is 16.6. The van der Waals surface area contributed by atoms with Gasteiger partial charge < -0.3 is 9.47 Å². The van der Waals surface area contributed by atoms with Crippen molar-refractivity contribution in [2.75, 3.05) is 14.2 Å². The minimum atomic E-state index is -0.667. The predicted octanol–water partition coefficient (Wildman–Crippen LogP) is 3.18. The molecule has 0 rings (SSSR count). The van der Waals surface area contributed by atoms with Crippen LogP contribution in [0.4, 0.5) is 9.59 Å². The summed E-state index contributed by atoms with van der Waals surface area (Å²) in [4.78, 5) is 23.9. The molecule has 0 aromatic rings. The molecule has 0 radical (unpaired) electrons. The van der Waals surface area contributed by atoms with E-state index in [0.717, 1.165) is 30.6 Å². The number of methoxy groups -OCH3 is 2. The minimum absolute atomic E-state index is 0.202. The number of carbonyl (C=O) groups excluding carboxylic acids is 2. The molecule has 0 aliphatic rings. The Morgan fingerprint density at radius 1 is 1.06 bits per heavy atom. The van der Waals surface area contributed by atoms with E-state index in [2.05, 4.69) is 16.4 Å². The molecule has 2 amide bonds.